The lowest BCUT2D eigenvalue weighted by atomic mass is 10.2. The second kappa shape index (κ2) is 10.9. The zero-order valence-electron chi connectivity index (χ0n) is 13.5. The van der Waals surface area contributed by atoms with Crippen LogP contribution in [0.4, 0.5) is 0 Å². The SMILES string of the molecule is CCN1CCCC1CN=C(N)NCCOc1cccc(Cl)c1.I. The van der Waals surface area contributed by atoms with Crippen LogP contribution in [0.2, 0.25) is 5.02 Å². The molecule has 1 fully saturated rings. The third kappa shape index (κ3) is 7.14. The van der Waals surface area contributed by atoms with Crippen molar-refractivity contribution < 1.29 is 4.74 Å². The second-order valence-corrected chi connectivity index (χ2v) is 5.82. The maximum absolute atomic E-state index is 5.90. The number of guanidine groups is 1. The third-order valence-electron chi connectivity index (χ3n) is 3.85. The van der Waals surface area contributed by atoms with E-state index in [9.17, 15) is 0 Å². The smallest absolute Gasteiger partial charge is 0.188 e. The zero-order chi connectivity index (χ0) is 15.8. The Hall–Kier alpha value is -0.730. The van der Waals surface area contributed by atoms with Crippen LogP contribution in [0.25, 0.3) is 0 Å². The number of hydrogen-bond donors (Lipinski definition) is 2. The van der Waals surface area contributed by atoms with Crippen molar-refractivity contribution in [3.05, 3.63) is 29.3 Å². The highest BCUT2D eigenvalue weighted by atomic mass is 127. The minimum absolute atomic E-state index is 0. The number of hydrogen-bond acceptors (Lipinski definition) is 3. The van der Waals surface area contributed by atoms with E-state index in [2.05, 4.69) is 22.1 Å². The standard InChI is InChI=1S/C16H25ClN4O.HI/c1-2-21-9-4-6-14(21)12-20-16(18)19-8-10-22-15-7-3-5-13(17)11-15;/h3,5,7,11,14H,2,4,6,8-10,12H2,1H3,(H3,18,19,20);1H. The van der Waals surface area contributed by atoms with Gasteiger partial charge in [0.15, 0.2) is 5.96 Å². The quantitative estimate of drug-likeness (QED) is 0.289. The van der Waals surface area contributed by atoms with Gasteiger partial charge in [0, 0.05) is 11.1 Å². The first-order valence-corrected chi connectivity index (χ1v) is 8.23. The van der Waals surface area contributed by atoms with Crippen LogP contribution < -0.4 is 15.8 Å². The van der Waals surface area contributed by atoms with E-state index in [1.54, 1.807) is 6.07 Å². The number of aliphatic imine (C=N–C) groups is 1. The Kier molecular flexibility index (Phi) is 9.66. The fourth-order valence-corrected chi connectivity index (χ4v) is 2.86. The predicted octanol–water partition coefficient (Wildman–Crippen LogP) is 2.73. The van der Waals surface area contributed by atoms with E-state index in [0.717, 1.165) is 18.8 Å². The van der Waals surface area contributed by atoms with Gasteiger partial charge in [-0.3, -0.25) is 9.89 Å². The molecule has 1 atom stereocenters. The average Bonchev–Trinajstić information content (AvgIpc) is 2.97. The number of nitrogens with two attached hydrogens (primary N) is 1. The van der Waals surface area contributed by atoms with E-state index in [0.29, 0.717) is 30.2 Å². The number of rotatable bonds is 7. The summed E-state index contributed by atoms with van der Waals surface area (Å²) in [6.45, 7) is 6.35. The molecule has 0 radical (unpaired) electrons. The fraction of sp³-hybridized carbons (Fsp3) is 0.562. The molecule has 1 aromatic rings. The normalized spacial score (nSPS) is 18.5. The Labute approximate surface area is 160 Å². The summed E-state index contributed by atoms with van der Waals surface area (Å²) in [5, 5.41) is 3.75. The van der Waals surface area contributed by atoms with Crippen LogP contribution in [-0.4, -0.2) is 49.7 Å². The molecular weight excluding hydrogens is 427 g/mol. The lowest BCUT2D eigenvalue weighted by molar-refractivity contribution is 0.273. The molecule has 1 aliphatic rings. The lowest BCUT2D eigenvalue weighted by Gasteiger charge is -2.20. The summed E-state index contributed by atoms with van der Waals surface area (Å²) in [5.41, 5.74) is 5.89. The molecule has 0 amide bonds. The minimum Gasteiger partial charge on any atom is -0.492 e. The summed E-state index contributed by atoms with van der Waals surface area (Å²) in [4.78, 5) is 6.89. The Morgan fingerprint density at radius 3 is 3.09 bits per heavy atom. The first kappa shape index (κ1) is 20.3. The minimum atomic E-state index is 0. The van der Waals surface area contributed by atoms with E-state index >= 15 is 0 Å². The number of nitrogens with one attached hydrogen (secondary N) is 1. The van der Waals surface area contributed by atoms with Gasteiger partial charge in [0.2, 0.25) is 0 Å². The molecule has 1 aromatic carbocycles. The summed E-state index contributed by atoms with van der Waals surface area (Å²) in [6, 6.07) is 7.89. The van der Waals surface area contributed by atoms with Gasteiger partial charge in [-0.25, -0.2) is 0 Å². The molecule has 2 rings (SSSR count). The molecule has 1 aliphatic heterocycles. The highest BCUT2D eigenvalue weighted by Gasteiger charge is 2.22. The number of nitrogens with zero attached hydrogens (tertiary/aromatic N) is 2. The molecule has 0 aliphatic carbocycles. The maximum Gasteiger partial charge on any atom is 0.188 e. The van der Waals surface area contributed by atoms with Crippen LogP contribution in [0.15, 0.2) is 29.3 Å². The van der Waals surface area contributed by atoms with Gasteiger partial charge in [-0.1, -0.05) is 24.6 Å². The van der Waals surface area contributed by atoms with Gasteiger partial charge >= 0.3 is 0 Å². The number of ether oxygens (including phenoxy) is 1. The Balaban J connectivity index is 0.00000264. The van der Waals surface area contributed by atoms with Crippen molar-refractivity contribution in [2.45, 2.75) is 25.8 Å². The molecule has 0 bridgehead atoms. The van der Waals surface area contributed by atoms with Gasteiger partial charge < -0.3 is 15.8 Å². The summed E-state index contributed by atoms with van der Waals surface area (Å²) in [5.74, 6) is 1.24. The third-order valence-corrected chi connectivity index (χ3v) is 4.09. The largest absolute Gasteiger partial charge is 0.492 e. The van der Waals surface area contributed by atoms with Gasteiger partial charge in [-0.05, 0) is 44.1 Å². The van der Waals surface area contributed by atoms with E-state index in [1.165, 1.54) is 19.4 Å². The van der Waals surface area contributed by atoms with Crippen LogP contribution >= 0.6 is 35.6 Å². The van der Waals surface area contributed by atoms with Crippen LogP contribution in [-0.2, 0) is 0 Å². The van der Waals surface area contributed by atoms with Crippen molar-refractivity contribution in [2.75, 3.05) is 32.8 Å². The second-order valence-electron chi connectivity index (χ2n) is 5.38. The van der Waals surface area contributed by atoms with Gasteiger partial charge in [0.25, 0.3) is 0 Å². The van der Waals surface area contributed by atoms with Crippen molar-refractivity contribution in [1.29, 1.82) is 0 Å². The van der Waals surface area contributed by atoms with Crippen LogP contribution in [0.3, 0.4) is 0 Å². The molecule has 0 saturated carbocycles. The molecule has 1 saturated heterocycles. The fourth-order valence-electron chi connectivity index (χ4n) is 2.68. The topological polar surface area (TPSA) is 62.9 Å². The van der Waals surface area contributed by atoms with E-state index in [1.807, 2.05) is 18.2 Å². The van der Waals surface area contributed by atoms with E-state index in [4.69, 9.17) is 22.1 Å². The Morgan fingerprint density at radius 2 is 2.35 bits per heavy atom. The first-order chi connectivity index (χ1) is 10.7. The first-order valence-electron chi connectivity index (χ1n) is 7.85. The average molecular weight is 453 g/mol. The summed E-state index contributed by atoms with van der Waals surface area (Å²) in [7, 11) is 0. The van der Waals surface area contributed by atoms with E-state index in [-0.39, 0.29) is 24.0 Å². The molecule has 0 spiro atoms. The van der Waals surface area contributed by atoms with Crippen LogP contribution in [0.5, 0.6) is 5.75 Å². The summed E-state index contributed by atoms with van der Waals surface area (Å²) < 4.78 is 5.58. The van der Waals surface area contributed by atoms with E-state index < -0.39 is 0 Å². The highest BCUT2D eigenvalue weighted by molar-refractivity contribution is 14.0. The number of halogens is 2. The van der Waals surface area contributed by atoms with Crippen LogP contribution in [0, 0.1) is 0 Å². The Bertz CT molecular complexity index is 501. The molecule has 1 unspecified atom stereocenters. The molecular formula is C16H26ClIN4O. The maximum atomic E-state index is 5.90. The van der Waals surface area contributed by atoms with Crippen molar-refractivity contribution in [3.8, 4) is 5.75 Å². The number of likely N-dealkylation sites (N-methyl/N-ethyl adjacent to an activating group) is 1. The number of benzene rings is 1. The van der Waals surface area contributed by atoms with Gasteiger partial charge in [-0.2, -0.15) is 0 Å². The lowest BCUT2D eigenvalue weighted by Crippen LogP contribution is -2.37. The molecule has 130 valence electrons. The van der Waals surface area contributed by atoms with Gasteiger partial charge in [0.1, 0.15) is 12.4 Å². The molecule has 23 heavy (non-hydrogen) atoms. The molecule has 0 aromatic heterocycles. The van der Waals surface area contributed by atoms with Crippen molar-refractivity contribution in [3.63, 3.8) is 0 Å². The molecule has 5 nitrogen and oxygen atoms in total. The van der Waals surface area contributed by atoms with Crippen LogP contribution in [0.1, 0.15) is 19.8 Å². The Morgan fingerprint density at radius 1 is 1.52 bits per heavy atom. The zero-order valence-corrected chi connectivity index (χ0v) is 16.6. The molecule has 7 heteroatoms. The van der Waals surface area contributed by atoms with Gasteiger partial charge in [0.05, 0.1) is 13.1 Å². The molecule has 1 heterocycles. The highest BCUT2D eigenvalue weighted by Crippen LogP contribution is 2.17. The van der Waals surface area contributed by atoms with Crippen molar-refractivity contribution in [2.24, 2.45) is 10.7 Å². The predicted molar refractivity (Wildman–Crippen MR) is 107 cm³/mol. The van der Waals surface area contributed by atoms with Crippen molar-refractivity contribution >= 4 is 41.5 Å². The molecule has 3 N–H and O–H groups in total. The summed E-state index contributed by atoms with van der Waals surface area (Å²) in [6.07, 6.45) is 2.47. The van der Waals surface area contributed by atoms with Crippen molar-refractivity contribution in [1.82, 2.24) is 10.2 Å². The summed E-state index contributed by atoms with van der Waals surface area (Å²) >= 11 is 5.90. The monoisotopic (exact) mass is 452 g/mol. The number of likely N-dealkylation sites (tertiary alicyclic amines) is 1. The van der Waals surface area contributed by atoms with Gasteiger partial charge in [-0.15, -0.1) is 24.0 Å².